The number of ether oxygens (including phenoxy) is 1. The first-order valence-corrected chi connectivity index (χ1v) is 9.06. The summed E-state index contributed by atoms with van der Waals surface area (Å²) in [6.07, 6.45) is 1.82. The van der Waals surface area contributed by atoms with Crippen LogP contribution in [-0.4, -0.2) is 44.1 Å². The quantitative estimate of drug-likeness (QED) is 0.609. The maximum Gasteiger partial charge on any atom is 0.521 e. The van der Waals surface area contributed by atoms with Gasteiger partial charge in [-0.2, -0.15) is 9.28 Å². The van der Waals surface area contributed by atoms with Crippen molar-refractivity contribution in [2.24, 2.45) is 0 Å². The lowest BCUT2D eigenvalue weighted by molar-refractivity contribution is 0.00578. The molecule has 1 aromatic rings. The van der Waals surface area contributed by atoms with Gasteiger partial charge in [0.2, 0.25) is 0 Å². The van der Waals surface area contributed by atoms with Crippen molar-refractivity contribution in [2.75, 3.05) is 13.7 Å². The van der Waals surface area contributed by atoms with E-state index < -0.39 is 7.12 Å². The fraction of sp³-hybridized carbons (Fsp3) is 0.632. The van der Waals surface area contributed by atoms with Crippen LogP contribution >= 0.6 is 0 Å². The molecule has 0 aliphatic carbocycles. The lowest BCUT2D eigenvalue weighted by atomic mass is 9.79. The van der Waals surface area contributed by atoms with Gasteiger partial charge in [-0.15, -0.1) is 0 Å². The van der Waals surface area contributed by atoms with E-state index in [2.05, 4.69) is 6.92 Å². The predicted octanol–water partition coefficient (Wildman–Crippen LogP) is 3.24. The van der Waals surface area contributed by atoms with E-state index in [1.54, 1.807) is 0 Å². The lowest BCUT2D eigenvalue weighted by Crippen LogP contribution is -2.56. The molecule has 2 atom stereocenters. The third kappa shape index (κ3) is 2.80. The zero-order chi connectivity index (χ0) is 18.5. The number of carbonyl (C=O) groups is 1. The highest BCUT2D eigenvalue weighted by atomic mass is 16.7. The molecule has 6 heteroatoms. The summed E-state index contributed by atoms with van der Waals surface area (Å²) in [4.78, 5) is 12.7. The molecule has 0 aromatic heterocycles. The molecule has 2 aliphatic heterocycles. The molecular formula is C19H29BNO4+. The second kappa shape index (κ2) is 6.11. The van der Waals surface area contributed by atoms with Crippen LogP contribution < -0.4 is 9.95 Å². The van der Waals surface area contributed by atoms with E-state index in [0.717, 1.165) is 30.5 Å². The molecule has 5 nitrogen and oxygen atoms in total. The Labute approximate surface area is 151 Å². The van der Waals surface area contributed by atoms with E-state index in [1.165, 1.54) is 7.11 Å². The van der Waals surface area contributed by atoms with Gasteiger partial charge in [-0.05, 0) is 52.2 Å². The molecule has 0 spiro atoms. The minimum Gasteiger partial charge on any atom is -0.423 e. The molecule has 1 aromatic carbocycles. The van der Waals surface area contributed by atoms with Gasteiger partial charge in [-0.3, -0.25) is 0 Å². The summed E-state index contributed by atoms with van der Waals surface area (Å²) >= 11 is 0. The van der Waals surface area contributed by atoms with Crippen molar-refractivity contribution in [1.29, 1.82) is 0 Å². The highest BCUT2D eigenvalue weighted by Gasteiger charge is 2.53. The van der Waals surface area contributed by atoms with Crippen LogP contribution in [0, 0.1) is 0 Å². The number of methoxy groups -OCH3 is 1. The van der Waals surface area contributed by atoms with Crippen molar-refractivity contribution < 1.29 is 18.8 Å². The van der Waals surface area contributed by atoms with Crippen molar-refractivity contribution in [2.45, 2.75) is 64.7 Å². The van der Waals surface area contributed by atoms with Crippen LogP contribution in [0.5, 0.6) is 0 Å². The normalized spacial score (nSPS) is 30.5. The summed E-state index contributed by atoms with van der Waals surface area (Å²) in [6, 6.07) is 8.22. The topological polar surface area (TPSA) is 44.8 Å². The Morgan fingerprint density at radius 1 is 1.24 bits per heavy atom. The predicted molar refractivity (Wildman–Crippen MR) is 99.9 cm³/mol. The molecular weight excluding hydrogens is 317 g/mol. The summed E-state index contributed by atoms with van der Waals surface area (Å²) < 4.78 is 17.7. The number of rotatable bonds is 2. The van der Waals surface area contributed by atoms with E-state index in [4.69, 9.17) is 14.0 Å². The molecule has 2 fully saturated rings. The van der Waals surface area contributed by atoms with Crippen LogP contribution in [0.2, 0.25) is 0 Å². The SMILES string of the molecule is COC(=O)[N+]1(c2cccc(B3OC(C)(C)C(C)(C)O3)c2)CCC[C@H]1C. The van der Waals surface area contributed by atoms with Crippen molar-refractivity contribution in [3.8, 4) is 0 Å². The Bertz CT molecular complexity index is 659. The first kappa shape index (κ1) is 18.4. The summed E-state index contributed by atoms with van der Waals surface area (Å²) in [5.74, 6) is 0. The Hall–Kier alpha value is -1.37. The first-order chi connectivity index (χ1) is 11.6. The zero-order valence-electron chi connectivity index (χ0n) is 16.2. The van der Waals surface area contributed by atoms with Gasteiger partial charge in [0.1, 0.15) is 11.7 Å². The second-order valence-corrected chi connectivity index (χ2v) is 8.24. The number of benzene rings is 1. The fourth-order valence-electron chi connectivity index (χ4n) is 3.90. The monoisotopic (exact) mass is 346 g/mol. The molecule has 136 valence electrons. The van der Waals surface area contributed by atoms with E-state index in [-0.39, 0.29) is 27.8 Å². The number of hydrogen-bond acceptors (Lipinski definition) is 4. The molecule has 0 bridgehead atoms. The summed E-state index contributed by atoms with van der Waals surface area (Å²) in [5, 5.41) is 0. The minimum absolute atomic E-state index is 0.195. The fourth-order valence-corrected chi connectivity index (χ4v) is 3.90. The molecule has 0 radical (unpaired) electrons. The van der Waals surface area contributed by atoms with Gasteiger partial charge >= 0.3 is 13.2 Å². The zero-order valence-corrected chi connectivity index (χ0v) is 16.2. The van der Waals surface area contributed by atoms with Crippen LogP contribution in [-0.2, 0) is 14.0 Å². The van der Waals surface area contributed by atoms with Crippen LogP contribution in [0.3, 0.4) is 0 Å². The molecule has 0 saturated carbocycles. The van der Waals surface area contributed by atoms with Crippen LogP contribution in [0.1, 0.15) is 47.5 Å². The van der Waals surface area contributed by atoms with Gasteiger partial charge in [-0.1, -0.05) is 12.1 Å². The Morgan fingerprint density at radius 2 is 1.88 bits per heavy atom. The number of likely N-dealkylation sites (tertiary alicyclic amines) is 1. The van der Waals surface area contributed by atoms with Crippen molar-refractivity contribution in [1.82, 2.24) is 4.48 Å². The Balaban J connectivity index is 1.98. The maximum atomic E-state index is 12.7. The Kier molecular flexibility index (Phi) is 4.50. The molecule has 0 N–H and O–H groups in total. The summed E-state index contributed by atoms with van der Waals surface area (Å²) in [6.45, 7) is 11.1. The van der Waals surface area contributed by atoms with Gasteiger partial charge < -0.3 is 14.0 Å². The van der Waals surface area contributed by atoms with E-state index >= 15 is 0 Å². The van der Waals surface area contributed by atoms with Gasteiger partial charge in [-0.25, -0.2) is 0 Å². The molecule has 1 amide bonds. The molecule has 3 rings (SSSR count). The highest BCUT2D eigenvalue weighted by molar-refractivity contribution is 6.62. The van der Waals surface area contributed by atoms with Gasteiger partial charge in [0.15, 0.2) is 0 Å². The maximum absolute atomic E-state index is 12.7. The number of nitrogens with zero attached hydrogens (tertiary/aromatic N) is 1. The van der Waals surface area contributed by atoms with E-state index in [9.17, 15) is 4.79 Å². The van der Waals surface area contributed by atoms with Crippen LogP contribution in [0.15, 0.2) is 24.3 Å². The smallest absolute Gasteiger partial charge is 0.423 e. The number of hydrogen-bond donors (Lipinski definition) is 0. The van der Waals surface area contributed by atoms with Crippen LogP contribution in [0.4, 0.5) is 10.5 Å². The Morgan fingerprint density at radius 3 is 2.40 bits per heavy atom. The van der Waals surface area contributed by atoms with E-state index in [0.29, 0.717) is 0 Å². The number of quaternary nitrogens is 1. The standard InChI is InChI=1S/C19H29BNO4/c1-14-9-8-12-21(14,17(22)23-6)16-11-7-10-15(13-16)20-24-18(2,3)19(4,5)25-20/h7,10-11,13-14H,8-9,12H2,1-6H3/q+1/t14-,21?/m1/s1. The average molecular weight is 346 g/mol. The third-order valence-electron chi connectivity index (χ3n) is 6.24. The molecule has 1 unspecified atom stereocenters. The lowest BCUT2D eigenvalue weighted by Gasteiger charge is -2.33. The van der Waals surface area contributed by atoms with Gasteiger partial charge in [0, 0.05) is 12.8 Å². The number of amides is 1. The van der Waals surface area contributed by atoms with Gasteiger partial charge in [0.05, 0.1) is 24.9 Å². The minimum atomic E-state index is -0.430. The van der Waals surface area contributed by atoms with Crippen molar-refractivity contribution in [3.63, 3.8) is 0 Å². The average Bonchev–Trinajstić information content (AvgIpc) is 3.04. The van der Waals surface area contributed by atoms with Crippen molar-refractivity contribution in [3.05, 3.63) is 24.3 Å². The molecule has 2 heterocycles. The second-order valence-electron chi connectivity index (χ2n) is 8.24. The molecule has 25 heavy (non-hydrogen) atoms. The van der Waals surface area contributed by atoms with Crippen molar-refractivity contribution >= 4 is 24.4 Å². The highest BCUT2D eigenvalue weighted by Crippen LogP contribution is 2.38. The largest absolute Gasteiger partial charge is 0.521 e. The third-order valence-corrected chi connectivity index (χ3v) is 6.24. The van der Waals surface area contributed by atoms with E-state index in [1.807, 2.05) is 52.0 Å². The molecule has 2 aliphatic rings. The number of carbonyl (C=O) groups excluding carboxylic acids is 1. The summed E-state index contributed by atoms with van der Waals surface area (Å²) in [5.41, 5.74) is 1.12. The first-order valence-electron chi connectivity index (χ1n) is 9.06. The van der Waals surface area contributed by atoms with Gasteiger partial charge in [0.25, 0.3) is 0 Å². The molecule has 2 saturated heterocycles. The summed E-state index contributed by atoms with van der Waals surface area (Å²) in [7, 11) is 1.03. The van der Waals surface area contributed by atoms with Crippen LogP contribution in [0.25, 0.3) is 0 Å².